The second-order valence-electron chi connectivity index (χ2n) is 7.91. The van der Waals surface area contributed by atoms with E-state index in [1.54, 1.807) is 25.1 Å². The molecule has 0 bridgehead atoms. The second-order valence-corrected chi connectivity index (χ2v) is 7.91. The van der Waals surface area contributed by atoms with E-state index in [1.165, 1.54) is 6.07 Å². The van der Waals surface area contributed by atoms with Crippen LogP contribution >= 0.6 is 0 Å². The van der Waals surface area contributed by atoms with Crippen LogP contribution in [0.15, 0.2) is 77.3 Å². The van der Waals surface area contributed by atoms with E-state index in [2.05, 4.69) is 16.5 Å². The fourth-order valence-corrected chi connectivity index (χ4v) is 3.98. The summed E-state index contributed by atoms with van der Waals surface area (Å²) in [6, 6.07) is 23.1. The van der Waals surface area contributed by atoms with Gasteiger partial charge in [0.05, 0.1) is 18.5 Å². The molecule has 0 unspecified atom stereocenters. The van der Waals surface area contributed by atoms with Crippen molar-refractivity contribution in [3.63, 3.8) is 0 Å². The molecular formula is C27H22FN3O3. The number of rotatable bonds is 7. The lowest BCUT2D eigenvalue weighted by Crippen LogP contribution is -2.29. The predicted octanol–water partition coefficient (Wildman–Crippen LogP) is 6.07. The summed E-state index contributed by atoms with van der Waals surface area (Å²) in [5.41, 5.74) is 5.17. The fourth-order valence-electron chi connectivity index (χ4n) is 3.98. The van der Waals surface area contributed by atoms with E-state index in [9.17, 15) is 14.3 Å². The van der Waals surface area contributed by atoms with Gasteiger partial charge in [-0.05, 0) is 35.2 Å². The first-order valence-electron chi connectivity index (χ1n) is 10.7. The second kappa shape index (κ2) is 10.0. The van der Waals surface area contributed by atoms with Gasteiger partial charge in [0.2, 0.25) is 0 Å². The van der Waals surface area contributed by atoms with Gasteiger partial charge in [-0.1, -0.05) is 71.9 Å². The maximum Gasteiger partial charge on any atom is 0.405 e. The summed E-state index contributed by atoms with van der Waals surface area (Å²) in [5.74, 6) is 0.0581. The Hall–Kier alpha value is -4.44. The Balaban J connectivity index is 1.66. The molecule has 1 atom stereocenters. The topological polar surface area (TPSA) is 99.2 Å². The number of nitriles is 1. The van der Waals surface area contributed by atoms with Gasteiger partial charge in [0, 0.05) is 17.5 Å². The van der Waals surface area contributed by atoms with Crippen molar-refractivity contribution >= 4 is 6.09 Å². The Morgan fingerprint density at radius 1 is 1.06 bits per heavy atom. The highest BCUT2D eigenvalue weighted by Crippen LogP contribution is 2.34. The average Bonchev–Trinajstić information content (AvgIpc) is 3.22. The summed E-state index contributed by atoms with van der Waals surface area (Å²) in [7, 11) is 0. The van der Waals surface area contributed by atoms with Gasteiger partial charge in [0.1, 0.15) is 17.3 Å². The lowest BCUT2D eigenvalue weighted by Gasteiger charge is -2.18. The third-order valence-electron chi connectivity index (χ3n) is 5.67. The van der Waals surface area contributed by atoms with Gasteiger partial charge in [-0.15, -0.1) is 0 Å². The van der Waals surface area contributed by atoms with Gasteiger partial charge in [-0.3, -0.25) is 0 Å². The highest BCUT2D eigenvalue weighted by molar-refractivity contribution is 5.72. The first-order valence-corrected chi connectivity index (χ1v) is 10.7. The van der Waals surface area contributed by atoms with Crippen LogP contribution in [-0.4, -0.2) is 16.4 Å². The average molecular weight is 455 g/mol. The Morgan fingerprint density at radius 2 is 1.68 bits per heavy atom. The van der Waals surface area contributed by atoms with Crippen molar-refractivity contribution in [2.75, 3.05) is 0 Å². The van der Waals surface area contributed by atoms with E-state index >= 15 is 0 Å². The first kappa shape index (κ1) is 22.7. The van der Waals surface area contributed by atoms with Crippen molar-refractivity contribution in [2.45, 2.75) is 25.8 Å². The maximum atomic E-state index is 14.3. The molecule has 0 aliphatic rings. The van der Waals surface area contributed by atoms with E-state index in [0.29, 0.717) is 29.0 Å². The Bertz CT molecular complexity index is 1340. The molecule has 2 N–H and O–H groups in total. The van der Waals surface area contributed by atoms with Crippen molar-refractivity contribution in [3.05, 3.63) is 101 Å². The minimum Gasteiger partial charge on any atom is -0.465 e. The van der Waals surface area contributed by atoms with Crippen LogP contribution in [0.1, 0.15) is 28.5 Å². The van der Waals surface area contributed by atoms with Crippen molar-refractivity contribution in [1.82, 2.24) is 10.5 Å². The SMILES string of the molecule is Cc1onc(-c2ccc(-c3ccc(CC#N)cc3)cc2)c1[C@@H](Cc1ccccc1F)NC(=O)O. The number of aromatic nitrogens is 1. The summed E-state index contributed by atoms with van der Waals surface area (Å²) in [4.78, 5) is 11.5. The molecule has 1 amide bonds. The molecule has 6 nitrogen and oxygen atoms in total. The van der Waals surface area contributed by atoms with E-state index in [-0.39, 0.29) is 6.42 Å². The van der Waals surface area contributed by atoms with Crippen LogP contribution in [0.5, 0.6) is 0 Å². The summed E-state index contributed by atoms with van der Waals surface area (Å²) >= 11 is 0. The highest BCUT2D eigenvalue weighted by atomic mass is 19.1. The van der Waals surface area contributed by atoms with Crippen LogP contribution < -0.4 is 5.32 Å². The molecule has 4 aromatic rings. The number of benzene rings is 3. The molecule has 0 spiro atoms. The Morgan fingerprint density at radius 3 is 2.29 bits per heavy atom. The fraction of sp³-hybridized carbons (Fsp3) is 0.148. The van der Waals surface area contributed by atoms with Gasteiger partial charge in [0.15, 0.2) is 0 Å². The van der Waals surface area contributed by atoms with Crippen molar-refractivity contribution in [1.29, 1.82) is 5.26 Å². The molecule has 4 rings (SSSR count). The normalized spacial score (nSPS) is 11.6. The number of hydrogen-bond acceptors (Lipinski definition) is 4. The first-order chi connectivity index (χ1) is 16.5. The van der Waals surface area contributed by atoms with Gasteiger partial charge in [0.25, 0.3) is 0 Å². The van der Waals surface area contributed by atoms with Gasteiger partial charge >= 0.3 is 6.09 Å². The number of halogens is 1. The number of carbonyl (C=O) groups is 1. The number of aryl methyl sites for hydroxylation is 1. The number of amides is 1. The van der Waals surface area contributed by atoms with Crippen molar-refractivity contribution in [3.8, 4) is 28.5 Å². The molecule has 7 heteroatoms. The molecule has 0 aliphatic carbocycles. The summed E-state index contributed by atoms with van der Waals surface area (Å²) in [6.07, 6.45) is -0.740. The standard InChI is InChI=1S/C27H22FN3O3/c1-17-25(24(30-27(32)33)16-22-4-2-3-5-23(22)28)26(31-34-17)21-12-10-20(11-13-21)19-8-6-18(7-9-19)14-15-29/h2-13,24,30H,14,16H2,1H3,(H,32,33)/t24-/m1/s1. The van der Waals surface area contributed by atoms with Crippen LogP contribution in [0.2, 0.25) is 0 Å². The van der Waals surface area contributed by atoms with Crippen molar-refractivity contribution < 1.29 is 18.8 Å². The molecule has 3 aromatic carbocycles. The zero-order valence-corrected chi connectivity index (χ0v) is 18.5. The molecule has 0 saturated carbocycles. The van der Waals surface area contributed by atoms with Gasteiger partial charge in [-0.2, -0.15) is 5.26 Å². The minimum atomic E-state index is -1.22. The monoisotopic (exact) mass is 455 g/mol. The quantitative estimate of drug-likeness (QED) is 0.352. The zero-order valence-electron chi connectivity index (χ0n) is 18.5. The lowest BCUT2D eigenvalue weighted by atomic mass is 9.93. The molecular weight excluding hydrogens is 433 g/mol. The summed E-state index contributed by atoms with van der Waals surface area (Å²) < 4.78 is 19.7. The Labute approximate surface area is 196 Å². The highest BCUT2D eigenvalue weighted by Gasteiger charge is 2.26. The molecule has 0 saturated heterocycles. The number of nitrogens with one attached hydrogen (secondary N) is 1. The predicted molar refractivity (Wildman–Crippen MR) is 125 cm³/mol. The molecule has 1 aromatic heterocycles. The van der Waals surface area contributed by atoms with Gasteiger partial charge in [-0.25, -0.2) is 9.18 Å². The van der Waals surface area contributed by atoms with Gasteiger partial charge < -0.3 is 14.9 Å². The summed E-state index contributed by atoms with van der Waals surface area (Å²) in [5, 5.41) is 24.9. The largest absolute Gasteiger partial charge is 0.465 e. The number of carboxylic acid groups (broad SMARTS) is 1. The number of nitrogens with zero attached hydrogens (tertiary/aromatic N) is 2. The van der Waals surface area contributed by atoms with E-state index in [0.717, 1.165) is 22.3 Å². The lowest BCUT2D eigenvalue weighted by molar-refractivity contribution is 0.189. The van der Waals surface area contributed by atoms with E-state index < -0.39 is 18.0 Å². The maximum absolute atomic E-state index is 14.3. The van der Waals surface area contributed by atoms with Crippen LogP contribution in [-0.2, 0) is 12.8 Å². The van der Waals surface area contributed by atoms with Crippen LogP contribution in [0.25, 0.3) is 22.4 Å². The third kappa shape index (κ3) is 4.97. The molecule has 0 fully saturated rings. The van der Waals surface area contributed by atoms with Crippen LogP contribution in [0.3, 0.4) is 0 Å². The van der Waals surface area contributed by atoms with E-state index in [4.69, 9.17) is 9.78 Å². The third-order valence-corrected chi connectivity index (χ3v) is 5.67. The minimum absolute atomic E-state index is 0.112. The molecule has 34 heavy (non-hydrogen) atoms. The van der Waals surface area contributed by atoms with Crippen LogP contribution in [0.4, 0.5) is 9.18 Å². The molecule has 0 aliphatic heterocycles. The van der Waals surface area contributed by atoms with E-state index in [1.807, 2.05) is 48.5 Å². The summed E-state index contributed by atoms with van der Waals surface area (Å²) in [6.45, 7) is 1.71. The number of hydrogen-bond donors (Lipinski definition) is 2. The smallest absolute Gasteiger partial charge is 0.405 e. The molecule has 1 heterocycles. The van der Waals surface area contributed by atoms with Crippen LogP contribution in [0, 0.1) is 24.1 Å². The molecule has 0 radical (unpaired) electrons. The molecule has 170 valence electrons. The Kier molecular flexibility index (Phi) is 6.69. The zero-order chi connectivity index (χ0) is 24.1. The van der Waals surface area contributed by atoms with Crippen molar-refractivity contribution in [2.24, 2.45) is 0 Å².